The molecule has 0 fully saturated rings. The van der Waals surface area contributed by atoms with Gasteiger partial charge in [-0.15, -0.1) is 6.58 Å². The first kappa shape index (κ1) is 6.84. The summed E-state index contributed by atoms with van der Waals surface area (Å²) < 4.78 is 59.4. The van der Waals surface area contributed by atoms with Crippen molar-refractivity contribution in [2.45, 2.75) is 18.9 Å². The first-order valence-corrected chi connectivity index (χ1v) is 6.00. The Kier molecular flexibility index (Phi) is 1.69. The highest BCUT2D eigenvalue weighted by Crippen LogP contribution is 2.42. The zero-order chi connectivity index (χ0) is 20.1. The number of aryl methyl sites for hydroxylation is 1. The van der Waals surface area contributed by atoms with Crippen molar-refractivity contribution in [3.05, 3.63) is 72.6 Å². The van der Waals surface area contributed by atoms with Crippen molar-refractivity contribution in [1.29, 1.82) is 0 Å². The summed E-state index contributed by atoms with van der Waals surface area (Å²) in [5.74, 6) is -0.272. The average molecular weight is 271 g/mol. The molecule has 1 aliphatic heterocycles. The van der Waals surface area contributed by atoms with Crippen LogP contribution in [0.15, 0.2) is 55.7 Å². The summed E-state index contributed by atoms with van der Waals surface area (Å²) >= 11 is 0. The van der Waals surface area contributed by atoms with Gasteiger partial charge in [-0.2, -0.15) is 0 Å². The lowest BCUT2D eigenvalue weighted by atomic mass is 9.91. The standard InChI is InChI=1S/C17H16N2O/c1-4-13-14-9-8-11(2)19-17(14)20-16(13)12(3)15-7-5-6-10-18-15/h4-10,13,16H,1,3H2,2H3/i2D3,5D,6D,7D,10D. The van der Waals surface area contributed by atoms with Crippen LogP contribution in [0.1, 0.15) is 32.5 Å². The van der Waals surface area contributed by atoms with Crippen molar-refractivity contribution >= 4 is 5.57 Å². The van der Waals surface area contributed by atoms with Crippen LogP contribution in [-0.4, -0.2) is 16.1 Å². The Bertz CT molecular complexity index is 955. The topological polar surface area (TPSA) is 35.0 Å². The van der Waals surface area contributed by atoms with E-state index in [4.69, 9.17) is 14.3 Å². The predicted molar refractivity (Wildman–Crippen MR) is 79.6 cm³/mol. The molecule has 3 nitrogen and oxygen atoms in total. The molecule has 0 spiro atoms. The molecule has 0 aromatic carbocycles. The van der Waals surface area contributed by atoms with Crippen LogP contribution in [0.25, 0.3) is 5.57 Å². The van der Waals surface area contributed by atoms with Gasteiger partial charge in [-0.05, 0) is 25.0 Å². The van der Waals surface area contributed by atoms with E-state index in [-0.39, 0.29) is 28.9 Å². The van der Waals surface area contributed by atoms with Gasteiger partial charge in [-0.3, -0.25) is 4.98 Å². The summed E-state index contributed by atoms with van der Waals surface area (Å²) in [4.78, 5) is 7.99. The minimum atomic E-state index is -2.38. The van der Waals surface area contributed by atoms with Gasteiger partial charge in [0.2, 0.25) is 5.88 Å². The smallest absolute Gasteiger partial charge is 0.218 e. The molecule has 3 heteroatoms. The van der Waals surface area contributed by atoms with E-state index in [1.54, 1.807) is 12.1 Å². The molecule has 2 aromatic rings. The maximum absolute atomic E-state index is 8.04. The van der Waals surface area contributed by atoms with Crippen LogP contribution in [0.3, 0.4) is 0 Å². The molecule has 1 aliphatic rings. The molecular weight excluding hydrogens is 248 g/mol. The second kappa shape index (κ2) is 4.93. The third-order valence-electron chi connectivity index (χ3n) is 3.18. The van der Waals surface area contributed by atoms with Crippen LogP contribution >= 0.6 is 0 Å². The second-order valence-corrected chi connectivity index (χ2v) is 4.36. The SMILES string of the molecule is [2H]c1nc(C(=C)C2Oc3nc(C([2H])([2H])[2H])ccc3C2C=C)c([2H])c([2H])c1[2H]. The highest BCUT2D eigenvalue weighted by molar-refractivity contribution is 5.67. The molecule has 2 aromatic heterocycles. The lowest BCUT2D eigenvalue weighted by molar-refractivity contribution is 0.270. The molecule has 2 unspecified atom stereocenters. The fraction of sp³-hybridized carbons (Fsp3) is 0.176. The fourth-order valence-corrected chi connectivity index (χ4v) is 2.21. The number of hydrogen-bond donors (Lipinski definition) is 0. The normalized spacial score (nSPS) is 25.7. The molecule has 0 amide bonds. The van der Waals surface area contributed by atoms with E-state index in [0.717, 1.165) is 0 Å². The molecule has 3 heterocycles. The molecule has 0 N–H and O–H groups in total. The van der Waals surface area contributed by atoms with Crippen molar-refractivity contribution in [3.63, 3.8) is 0 Å². The average Bonchev–Trinajstić information content (AvgIpc) is 2.99. The number of aromatic nitrogens is 2. The Balaban J connectivity index is 2.03. The van der Waals surface area contributed by atoms with E-state index >= 15 is 0 Å². The first-order chi connectivity index (χ1) is 12.6. The zero-order valence-electron chi connectivity index (χ0n) is 17.6. The fourth-order valence-electron chi connectivity index (χ4n) is 2.21. The van der Waals surface area contributed by atoms with Crippen molar-refractivity contribution in [1.82, 2.24) is 9.97 Å². The van der Waals surface area contributed by atoms with Gasteiger partial charge in [0.15, 0.2) is 0 Å². The Hall–Kier alpha value is -2.42. The number of rotatable bonds is 3. The number of nitrogens with zero attached hydrogens (tertiary/aromatic N) is 2. The lowest BCUT2D eigenvalue weighted by Gasteiger charge is -2.17. The summed E-state index contributed by atoms with van der Waals surface area (Å²) in [5, 5.41) is 0. The zero-order valence-corrected chi connectivity index (χ0v) is 10.6. The summed E-state index contributed by atoms with van der Waals surface area (Å²) in [5.41, 5.74) is 0.752. The Morgan fingerprint density at radius 3 is 3.20 bits per heavy atom. The highest BCUT2D eigenvalue weighted by atomic mass is 16.5. The highest BCUT2D eigenvalue weighted by Gasteiger charge is 2.35. The predicted octanol–water partition coefficient (Wildman–Crippen LogP) is 3.53. The molecule has 0 saturated heterocycles. The maximum Gasteiger partial charge on any atom is 0.218 e. The molecule has 0 aliphatic carbocycles. The van der Waals surface area contributed by atoms with Gasteiger partial charge in [-0.25, -0.2) is 4.98 Å². The summed E-state index contributed by atoms with van der Waals surface area (Å²) in [6, 6.07) is 1.84. The van der Waals surface area contributed by atoms with Gasteiger partial charge in [0.1, 0.15) is 6.10 Å². The van der Waals surface area contributed by atoms with Crippen LogP contribution in [0.4, 0.5) is 0 Å². The van der Waals surface area contributed by atoms with Gasteiger partial charge in [0, 0.05) is 33.0 Å². The minimum absolute atomic E-state index is 0.0123. The summed E-state index contributed by atoms with van der Waals surface area (Å²) in [6.45, 7) is 5.31. The largest absolute Gasteiger partial charge is 0.468 e. The summed E-state index contributed by atoms with van der Waals surface area (Å²) in [7, 11) is 0. The number of ether oxygens (including phenoxy) is 1. The van der Waals surface area contributed by atoms with E-state index in [0.29, 0.717) is 5.56 Å². The van der Waals surface area contributed by atoms with Crippen LogP contribution in [0, 0.1) is 6.85 Å². The first-order valence-electron chi connectivity index (χ1n) is 9.50. The quantitative estimate of drug-likeness (QED) is 0.801. The Morgan fingerprint density at radius 2 is 2.40 bits per heavy atom. The monoisotopic (exact) mass is 271 g/mol. The van der Waals surface area contributed by atoms with Gasteiger partial charge >= 0.3 is 0 Å². The molecule has 0 saturated carbocycles. The van der Waals surface area contributed by atoms with Crippen molar-refractivity contribution in [2.75, 3.05) is 0 Å². The van der Waals surface area contributed by atoms with Crippen LogP contribution in [0.5, 0.6) is 5.88 Å². The molecule has 20 heavy (non-hydrogen) atoms. The van der Waals surface area contributed by atoms with E-state index in [9.17, 15) is 0 Å². The van der Waals surface area contributed by atoms with Gasteiger partial charge < -0.3 is 4.74 Å². The Morgan fingerprint density at radius 1 is 1.50 bits per heavy atom. The molecule has 3 rings (SSSR count). The second-order valence-electron chi connectivity index (χ2n) is 4.36. The number of fused-ring (bicyclic) bond motifs is 1. The third-order valence-corrected chi connectivity index (χ3v) is 3.18. The molecule has 100 valence electrons. The van der Waals surface area contributed by atoms with Crippen LogP contribution < -0.4 is 4.74 Å². The maximum atomic E-state index is 8.04. The lowest BCUT2D eigenvalue weighted by Crippen LogP contribution is -2.19. The molecule has 0 radical (unpaired) electrons. The van der Waals surface area contributed by atoms with Gasteiger partial charge in [-0.1, -0.05) is 24.8 Å². The third kappa shape index (κ3) is 2.01. The minimum Gasteiger partial charge on any atom is -0.468 e. The van der Waals surface area contributed by atoms with E-state index in [2.05, 4.69) is 23.1 Å². The number of pyridine rings is 2. The van der Waals surface area contributed by atoms with E-state index in [1.165, 1.54) is 6.07 Å². The van der Waals surface area contributed by atoms with Crippen LogP contribution in [0.2, 0.25) is 0 Å². The van der Waals surface area contributed by atoms with E-state index in [1.807, 2.05) is 0 Å². The molecular formula is C17H16N2O. The van der Waals surface area contributed by atoms with Crippen molar-refractivity contribution < 1.29 is 14.3 Å². The van der Waals surface area contributed by atoms with E-state index < -0.39 is 37.1 Å². The van der Waals surface area contributed by atoms with Gasteiger partial charge in [0.05, 0.1) is 11.2 Å². The van der Waals surface area contributed by atoms with Crippen molar-refractivity contribution in [3.8, 4) is 5.88 Å². The summed E-state index contributed by atoms with van der Waals surface area (Å²) in [6.07, 6.45) is 0.411. The van der Waals surface area contributed by atoms with Crippen LogP contribution in [-0.2, 0) is 0 Å². The number of hydrogen-bond acceptors (Lipinski definition) is 3. The Labute approximate surface area is 128 Å². The molecule has 2 atom stereocenters. The molecule has 0 bridgehead atoms. The van der Waals surface area contributed by atoms with Crippen molar-refractivity contribution in [2.24, 2.45) is 0 Å². The van der Waals surface area contributed by atoms with Gasteiger partial charge in [0.25, 0.3) is 0 Å².